The van der Waals surface area contributed by atoms with E-state index in [1.807, 2.05) is 54.2 Å². The second-order valence-corrected chi connectivity index (χ2v) is 7.37. The molecule has 0 bridgehead atoms. The maximum Gasteiger partial charge on any atom is 0.253 e. The first kappa shape index (κ1) is 17.7. The van der Waals surface area contributed by atoms with E-state index in [0.29, 0.717) is 12.1 Å². The second kappa shape index (κ2) is 7.53. The van der Waals surface area contributed by atoms with Gasteiger partial charge in [0.2, 0.25) is 0 Å². The maximum absolute atomic E-state index is 12.6. The number of carbonyl (C=O) groups is 1. The van der Waals surface area contributed by atoms with Crippen molar-refractivity contribution in [1.29, 1.82) is 0 Å². The van der Waals surface area contributed by atoms with Crippen LogP contribution in [-0.2, 0) is 13.0 Å². The zero-order chi connectivity index (χ0) is 18.8. The zero-order valence-electron chi connectivity index (χ0n) is 15.2. The summed E-state index contributed by atoms with van der Waals surface area (Å²) in [5, 5.41) is 8.45. The van der Waals surface area contributed by atoms with Crippen LogP contribution in [0.3, 0.4) is 0 Å². The highest BCUT2D eigenvalue weighted by Crippen LogP contribution is 2.30. The molecule has 1 aliphatic carbocycles. The molecule has 0 aliphatic heterocycles. The molecule has 2 aromatic heterocycles. The molecule has 0 radical (unpaired) electrons. The Hall–Kier alpha value is -2.66. The molecule has 138 valence electrons. The molecule has 0 fully saturated rings. The summed E-state index contributed by atoms with van der Waals surface area (Å²) < 4.78 is 2.03. The fourth-order valence-corrected chi connectivity index (χ4v) is 3.64. The first-order valence-corrected chi connectivity index (χ1v) is 9.50. The summed E-state index contributed by atoms with van der Waals surface area (Å²) in [6, 6.07) is 11.5. The van der Waals surface area contributed by atoms with Crippen molar-refractivity contribution in [1.82, 2.24) is 20.1 Å². The summed E-state index contributed by atoms with van der Waals surface area (Å²) in [4.78, 5) is 16.8. The minimum absolute atomic E-state index is 0.0125. The van der Waals surface area contributed by atoms with Crippen LogP contribution in [0, 0.1) is 6.92 Å². The number of nitrogens with one attached hydrogen (secondary N) is 1. The molecule has 1 N–H and O–H groups in total. The molecule has 1 aliphatic rings. The first-order valence-electron chi connectivity index (χ1n) is 9.13. The van der Waals surface area contributed by atoms with Gasteiger partial charge in [-0.3, -0.25) is 14.5 Å². The molecular formula is C21H21ClN4O. The quantitative estimate of drug-likeness (QED) is 0.741. The molecule has 1 atom stereocenters. The van der Waals surface area contributed by atoms with E-state index in [1.165, 1.54) is 5.69 Å². The Kier molecular flexibility index (Phi) is 4.94. The number of pyridine rings is 1. The van der Waals surface area contributed by atoms with Crippen LogP contribution in [0.5, 0.6) is 0 Å². The highest BCUT2D eigenvalue weighted by atomic mass is 35.5. The molecular weight excluding hydrogens is 360 g/mol. The van der Waals surface area contributed by atoms with Crippen LogP contribution in [-0.4, -0.2) is 20.7 Å². The number of aromatic nitrogens is 3. The molecule has 3 aromatic rings. The van der Waals surface area contributed by atoms with Crippen molar-refractivity contribution in [3.8, 4) is 0 Å². The standard InChI is InChI=1S/C21H21ClN4O/c1-14-5-8-16(11-23-14)21(27)25-19-3-2-4-20-18(19)12-24-26(20)13-15-6-9-17(22)10-7-15/h5-12,19H,2-4,13H2,1H3,(H,25,27)/t19-/m0/s1. The van der Waals surface area contributed by atoms with E-state index in [-0.39, 0.29) is 11.9 Å². The molecule has 0 saturated carbocycles. The van der Waals surface area contributed by atoms with Gasteiger partial charge in [0.25, 0.3) is 5.91 Å². The van der Waals surface area contributed by atoms with Crippen molar-refractivity contribution in [2.45, 2.75) is 38.8 Å². The number of hydrogen-bond acceptors (Lipinski definition) is 3. The predicted molar refractivity (Wildman–Crippen MR) is 105 cm³/mol. The third-order valence-corrected chi connectivity index (χ3v) is 5.24. The SMILES string of the molecule is Cc1ccc(C(=O)N[C@H]2CCCc3c2cnn3Cc2ccc(Cl)cc2)cn1. The summed E-state index contributed by atoms with van der Waals surface area (Å²) in [7, 11) is 0. The second-order valence-electron chi connectivity index (χ2n) is 6.94. The number of carbonyl (C=O) groups excluding carboxylic acids is 1. The minimum atomic E-state index is -0.0919. The number of amides is 1. The van der Waals surface area contributed by atoms with Crippen molar-refractivity contribution in [3.63, 3.8) is 0 Å². The molecule has 0 unspecified atom stereocenters. The van der Waals surface area contributed by atoms with E-state index >= 15 is 0 Å². The first-order chi connectivity index (χ1) is 13.1. The number of rotatable bonds is 4. The van der Waals surface area contributed by atoms with Crippen LogP contribution in [0.4, 0.5) is 0 Å². The van der Waals surface area contributed by atoms with Gasteiger partial charge in [-0.25, -0.2) is 0 Å². The van der Waals surface area contributed by atoms with Crippen LogP contribution in [0.1, 0.15) is 51.8 Å². The minimum Gasteiger partial charge on any atom is -0.345 e. The number of aryl methyl sites for hydroxylation is 1. The summed E-state index contributed by atoms with van der Waals surface area (Å²) in [5.74, 6) is -0.0919. The van der Waals surface area contributed by atoms with Gasteiger partial charge in [0, 0.05) is 28.2 Å². The van der Waals surface area contributed by atoms with Crippen molar-refractivity contribution in [2.75, 3.05) is 0 Å². The smallest absolute Gasteiger partial charge is 0.253 e. The fourth-order valence-electron chi connectivity index (χ4n) is 3.51. The predicted octanol–water partition coefficient (Wildman–Crippen LogP) is 4.10. The number of halogens is 1. The molecule has 0 spiro atoms. The molecule has 2 heterocycles. The van der Waals surface area contributed by atoms with Gasteiger partial charge in [0.1, 0.15) is 0 Å². The van der Waals surface area contributed by atoms with Crippen LogP contribution in [0.25, 0.3) is 0 Å². The van der Waals surface area contributed by atoms with E-state index < -0.39 is 0 Å². The van der Waals surface area contributed by atoms with Gasteiger partial charge in [-0.05, 0) is 56.0 Å². The Balaban J connectivity index is 1.52. The van der Waals surface area contributed by atoms with E-state index in [4.69, 9.17) is 11.6 Å². The highest BCUT2D eigenvalue weighted by molar-refractivity contribution is 6.30. The van der Waals surface area contributed by atoms with Crippen molar-refractivity contribution in [2.24, 2.45) is 0 Å². The number of benzene rings is 1. The maximum atomic E-state index is 12.6. The molecule has 0 saturated heterocycles. The fraction of sp³-hybridized carbons (Fsp3) is 0.286. The zero-order valence-corrected chi connectivity index (χ0v) is 15.9. The lowest BCUT2D eigenvalue weighted by Gasteiger charge is -2.24. The van der Waals surface area contributed by atoms with Gasteiger partial charge in [-0.15, -0.1) is 0 Å². The highest BCUT2D eigenvalue weighted by Gasteiger charge is 2.26. The van der Waals surface area contributed by atoms with E-state index in [1.54, 1.807) is 6.20 Å². The molecule has 1 aromatic carbocycles. The Morgan fingerprint density at radius 3 is 2.78 bits per heavy atom. The van der Waals surface area contributed by atoms with Gasteiger partial charge in [0.15, 0.2) is 0 Å². The molecule has 5 nitrogen and oxygen atoms in total. The van der Waals surface area contributed by atoms with E-state index in [0.717, 1.165) is 41.1 Å². The molecule has 27 heavy (non-hydrogen) atoms. The largest absolute Gasteiger partial charge is 0.345 e. The summed E-state index contributed by atoms with van der Waals surface area (Å²) in [5.41, 5.74) is 4.95. The van der Waals surface area contributed by atoms with Gasteiger partial charge in [-0.2, -0.15) is 5.10 Å². The van der Waals surface area contributed by atoms with Gasteiger partial charge in [0.05, 0.1) is 24.3 Å². The van der Waals surface area contributed by atoms with E-state index in [9.17, 15) is 4.79 Å². The lowest BCUT2D eigenvalue weighted by atomic mass is 9.92. The monoisotopic (exact) mass is 380 g/mol. The number of hydrogen-bond donors (Lipinski definition) is 1. The Morgan fingerprint density at radius 1 is 1.22 bits per heavy atom. The lowest BCUT2D eigenvalue weighted by molar-refractivity contribution is 0.0932. The van der Waals surface area contributed by atoms with Crippen molar-refractivity contribution >= 4 is 17.5 Å². The van der Waals surface area contributed by atoms with Crippen LogP contribution < -0.4 is 5.32 Å². The molecule has 6 heteroatoms. The average molecular weight is 381 g/mol. The molecule has 4 rings (SSSR count). The normalized spacial score (nSPS) is 16.0. The van der Waals surface area contributed by atoms with E-state index in [2.05, 4.69) is 15.4 Å². The average Bonchev–Trinajstić information content (AvgIpc) is 3.08. The van der Waals surface area contributed by atoms with Gasteiger partial charge < -0.3 is 5.32 Å². The lowest BCUT2D eigenvalue weighted by Crippen LogP contribution is -2.31. The summed E-state index contributed by atoms with van der Waals surface area (Å²) in [6.45, 7) is 2.61. The topological polar surface area (TPSA) is 59.8 Å². The molecule has 1 amide bonds. The van der Waals surface area contributed by atoms with Crippen LogP contribution in [0.15, 0.2) is 48.8 Å². The van der Waals surface area contributed by atoms with Gasteiger partial charge in [-0.1, -0.05) is 23.7 Å². The number of nitrogens with zero attached hydrogens (tertiary/aromatic N) is 3. The summed E-state index contributed by atoms with van der Waals surface area (Å²) >= 11 is 5.97. The third kappa shape index (κ3) is 3.88. The number of fused-ring (bicyclic) bond motifs is 1. The van der Waals surface area contributed by atoms with Crippen LogP contribution >= 0.6 is 11.6 Å². The Morgan fingerprint density at radius 2 is 2.04 bits per heavy atom. The van der Waals surface area contributed by atoms with Crippen molar-refractivity contribution in [3.05, 3.63) is 81.9 Å². The Labute approximate surface area is 163 Å². The van der Waals surface area contributed by atoms with Crippen molar-refractivity contribution < 1.29 is 4.79 Å². The third-order valence-electron chi connectivity index (χ3n) is 4.99. The summed E-state index contributed by atoms with van der Waals surface area (Å²) in [6.07, 6.45) is 6.43. The van der Waals surface area contributed by atoms with Crippen LogP contribution in [0.2, 0.25) is 5.02 Å². The Bertz CT molecular complexity index is 947. The van der Waals surface area contributed by atoms with Gasteiger partial charge >= 0.3 is 0 Å².